The van der Waals surface area contributed by atoms with Gasteiger partial charge in [-0.25, -0.2) is 4.57 Å². The number of rotatable bonds is 4. The second kappa shape index (κ2) is 6.98. The normalized spacial score (nSPS) is 11.4. The summed E-state index contributed by atoms with van der Waals surface area (Å²) < 4.78 is 2.06. The molecule has 0 aliphatic carbocycles. The molecule has 122 valence electrons. The van der Waals surface area contributed by atoms with Crippen LogP contribution < -0.4 is 5.56 Å². The van der Waals surface area contributed by atoms with Crippen LogP contribution in [-0.4, -0.2) is 34.1 Å². The highest BCUT2D eigenvalue weighted by molar-refractivity contribution is 9.10. The molecule has 0 bridgehead atoms. The summed E-state index contributed by atoms with van der Waals surface area (Å²) in [5.41, 5.74) is 0.688. The van der Waals surface area contributed by atoms with Gasteiger partial charge >= 0.3 is 0 Å². The maximum Gasteiger partial charge on any atom is 0.265 e. The van der Waals surface area contributed by atoms with E-state index in [0.717, 1.165) is 4.47 Å². The molecule has 0 saturated heterocycles. The quantitative estimate of drug-likeness (QED) is 0.676. The first kappa shape index (κ1) is 16.4. The van der Waals surface area contributed by atoms with Crippen LogP contribution in [0.1, 0.15) is 5.56 Å². The minimum absolute atomic E-state index is 0.0829. The molecule has 0 aliphatic rings. The number of aromatic nitrogens is 1. The third kappa shape index (κ3) is 2.98. The molecule has 0 unspecified atom stereocenters. The van der Waals surface area contributed by atoms with E-state index < -0.39 is 0 Å². The molecule has 0 saturated carbocycles. The van der Waals surface area contributed by atoms with E-state index in [-0.39, 0.29) is 24.6 Å². The lowest BCUT2D eigenvalue weighted by molar-refractivity contribution is 0.307. The van der Waals surface area contributed by atoms with Gasteiger partial charge in [-0.3, -0.25) is 9.79 Å². The third-order valence-corrected chi connectivity index (χ3v) is 4.11. The lowest BCUT2D eigenvalue weighted by atomic mass is 10.1. The molecule has 3 rings (SSSR count). The van der Waals surface area contributed by atoms with E-state index in [0.29, 0.717) is 22.0 Å². The standard InChI is InChI=1S/C18H15BrN2O3/c19-12-4-3-5-13(10-12)21-17(23)15-7-2-1-6-14(15)16(18(21)24)11-20-8-9-22/h1-7,10-11,22,24H,8-9H2. The molecule has 5 nitrogen and oxygen atoms in total. The van der Waals surface area contributed by atoms with Crippen molar-refractivity contribution in [1.82, 2.24) is 4.57 Å². The lowest BCUT2D eigenvalue weighted by Crippen LogP contribution is -2.20. The average molecular weight is 387 g/mol. The number of hydrogen-bond donors (Lipinski definition) is 2. The van der Waals surface area contributed by atoms with Crippen LogP contribution >= 0.6 is 15.9 Å². The van der Waals surface area contributed by atoms with Crippen LogP contribution in [0.5, 0.6) is 5.88 Å². The van der Waals surface area contributed by atoms with Crippen LogP contribution in [0.2, 0.25) is 0 Å². The number of aliphatic hydroxyl groups excluding tert-OH is 1. The largest absolute Gasteiger partial charge is 0.494 e. The summed E-state index contributed by atoms with van der Waals surface area (Å²) in [6.45, 7) is 0.143. The van der Waals surface area contributed by atoms with Gasteiger partial charge in [0.25, 0.3) is 5.56 Å². The molecule has 6 heteroatoms. The molecule has 1 aromatic heterocycles. The van der Waals surface area contributed by atoms with Gasteiger partial charge in [0.2, 0.25) is 5.88 Å². The van der Waals surface area contributed by atoms with Crippen LogP contribution in [0.3, 0.4) is 0 Å². The van der Waals surface area contributed by atoms with Crippen LogP contribution in [0.4, 0.5) is 0 Å². The molecule has 24 heavy (non-hydrogen) atoms. The van der Waals surface area contributed by atoms with Crippen LogP contribution in [0.25, 0.3) is 16.5 Å². The van der Waals surface area contributed by atoms with Gasteiger partial charge in [-0.15, -0.1) is 0 Å². The first-order valence-corrected chi connectivity index (χ1v) is 8.16. The number of hydrogen-bond acceptors (Lipinski definition) is 4. The predicted octanol–water partition coefficient (Wildman–Crippen LogP) is 2.87. The molecule has 0 aliphatic heterocycles. The number of halogens is 1. The van der Waals surface area contributed by atoms with Crippen LogP contribution in [0, 0.1) is 0 Å². The Labute approximate surface area is 146 Å². The van der Waals surface area contributed by atoms with Gasteiger partial charge in [0, 0.05) is 21.5 Å². The topological polar surface area (TPSA) is 74.8 Å². The number of aromatic hydroxyl groups is 1. The summed E-state index contributed by atoms with van der Waals surface area (Å²) >= 11 is 3.38. The molecular weight excluding hydrogens is 372 g/mol. The summed E-state index contributed by atoms with van der Waals surface area (Å²) in [5.74, 6) is -0.182. The Bertz CT molecular complexity index is 980. The Morgan fingerprint density at radius 1 is 1.12 bits per heavy atom. The smallest absolute Gasteiger partial charge is 0.265 e. The van der Waals surface area contributed by atoms with E-state index >= 15 is 0 Å². The van der Waals surface area contributed by atoms with E-state index in [9.17, 15) is 9.90 Å². The molecular formula is C18H15BrN2O3. The van der Waals surface area contributed by atoms with Crippen LogP contribution in [0.15, 0.2) is 62.8 Å². The Morgan fingerprint density at radius 3 is 2.58 bits per heavy atom. The fraction of sp³-hybridized carbons (Fsp3) is 0.111. The van der Waals surface area contributed by atoms with Gasteiger partial charge in [0.05, 0.1) is 24.4 Å². The van der Waals surface area contributed by atoms with Crippen molar-refractivity contribution in [1.29, 1.82) is 0 Å². The first-order valence-electron chi connectivity index (χ1n) is 7.37. The number of nitrogens with zero attached hydrogens (tertiary/aromatic N) is 2. The fourth-order valence-electron chi connectivity index (χ4n) is 2.56. The summed E-state index contributed by atoms with van der Waals surface area (Å²) in [5, 5.41) is 20.7. The predicted molar refractivity (Wildman–Crippen MR) is 98.5 cm³/mol. The van der Waals surface area contributed by atoms with E-state index in [1.54, 1.807) is 42.5 Å². The minimum atomic E-state index is -0.305. The molecule has 0 atom stereocenters. The van der Waals surface area contributed by atoms with Crippen molar-refractivity contribution in [3.05, 3.63) is 68.9 Å². The maximum absolute atomic E-state index is 12.8. The van der Waals surface area contributed by atoms with Gasteiger partial charge in [-0.1, -0.05) is 40.2 Å². The zero-order chi connectivity index (χ0) is 17.1. The molecule has 0 amide bonds. The fourth-order valence-corrected chi connectivity index (χ4v) is 2.94. The van der Waals surface area contributed by atoms with Gasteiger partial charge in [0.1, 0.15) is 0 Å². The Morgan fingerprint density at radius 2 is 1.88 bits per heavy atom. The summed E-state index contributed by atoms with van der Waals surface area (Å²) in [6, 6.07) is 14.2. The molecule has 0 radical (unpaired) electrons. The zero-order valence-corrected chi connectivity index (χ0v) is 14.3. The lowest BCUT2D eigenvalue weighted by Gasteiger charge is -2.14. The molecule has 2 N–H and O–H groups in total. The zero-order valence-electron chi connectivity index (χ0n) is 12.7. The maximum atomic E-state index is 12.8. The Hall–Kier alpha value is -2.44. The van der Waals surface area contributed by atoms with Crippen molar-refractivity contribution >= 4 is 32.9 Å². The van der Waals surface area contributed by atoms with E-state index in [2.05, 4.69) is 20.9 Å². The van der Waals surface area contributed by atoms with Crippen molar-refractivity contribution in [3.8, 4) is 11.6 Å². The van der Waals surface area contributed by atoms with E-state index in [1.807, 2.05) is 6.07 Å². The van der Waals surface area contributed by atoms with Crippen molar-refractivity contribution in [2.24, 2.45) is 4.99 Å². The van der Waals surface area contributed by atoms with Crippen molar-refractivity contribution in [3.63, 3.8) is 0 Å². The van der Waals surface area contributed by atoms with E-state index in [4.69, 9.17) is 5.11 Å². The monoisotopic (exact) mass is 386 g/mol. The highest BCUT2D eigenvalue weighted by Gasteiger charge is 2.16. The summed E-state index contributed by atoms with van der Waals surface area (Å²) in [7, 11) is 0. The second-order valence-electron chi connectivity index (χ2n) is 5.16. The minimum Gasteiger partial charge on any atom is -0.494 e. The molecule has 1 heterocycles. The molecule has 2 aromatic carbocycles. The van der Waals surface area contributed by atoms with Crippen molar-refractivity contribution < 1.29 is 10.2 Å². The van der Waals surface area contributed by atoms with Gasteiger partial charge < -0.3 is 10.2 Å². The highest BCUT2D eigenvalue weighted by Crippen LogP contribution is 2.26. The molecule has 0 fully saturated rings. The summed E-state index contributed by atoms with van der Waals surface area (Å²) in [4.78, 5) is 16.9. The van der Waals surface area contributed by atoms with Gasteiger partial charge in [0.15, 0.2) is 0 Å². The van der Waals surface area contributed by atoms with E-state index in [1.165, 1.54) is 10.8 Å². The number of pyridine rings is 1. The Balaban J connectivity index is 2.36. The number of benzene rings is 2. The molecule has 0 spiro atoms. The first-order chi connectivity index (χ1) is 11.6. The average Bonchev–Trinajstić information content (AvgIpc) is 2.58. The van der Waals surface area contributed by atoms with Crippen molar-refractivity contribution in [2.75, 3.05) is 13.2 Å². The van der Waals surface area contributed by atoms with Crippen LogP contribution in [-0.2, 0) is 0 Å². The van der Waals surface area contributed by atoms with Crippen molar-refractivity contribution in [2.45, 2.75) is 0 Å². The number of fused-ring (bicyclic) bond motifs is 1. The number of aliphatic hydroxyl groups is 1. The number of aliphatic imine (C=N–C) groups is 1. The Kier molecular flexibility index (Phi) is 4.78. The van der Waals surface area contributed by atoms with Gasteiger partial charge in [-0.2, -0.15) is 0 Å². The second-order valence-corrected chi connectivity index (χ2v) is 6.08. The SMILES string of the molecule is O=c1c2ccccc2c(C=NCCO)c(O)n1-c1cccc(Br)c1. The highest BCUT2D eigenvalue weighted by atomic mass is 79.9. The summed E-state index contributed by atoms with van der Waals surface area (Å²) in [6.07, 6.45) is 1.49. The third-order valence-electron chi connectivity index (χ3n) is 3.62. The van der Waals surface area contributed by atoms with Gasteiger partial charge in [-0.05, 0) is 24.3 Å². The molecule has 3 aromatic rings.